The summed E-state index contributed by atoms with van der Waals surface area (Å²) in [5, 5.41) is 12.6. The van der Waals surface area contributed by atoms with E-state index in [-0.39, 0.29) is 11.3 Å². The summed E-state index contributed by atoms with van der Waals surface area (Å²) in [6, 6.07) is 6.35. The number of nitrogens with zero attached hydrogens (tertiary/aromatic N) is 1. The Labute approximate surface area is 122 Å². The Morgan fingerprint density at radius 3 is 2.89 bits per heavy atom. The largest absolute Gasteiger partial charge is 0.507 e. The van der Waals surface area contributed by atoms with Gasteiger partial charge in [-0.15, -0.1) is 0 Å². The van der Waals surface area contributed by atoms with Crippen LogP contribution in [0.25, 0.3) is 0 Å². The molecule has 2 N–H and O–H groups in total. The zero-order valence-corrected chi connectivity index (χ0v) is 11.9. The molecule has 18 heavy (non-hydrogen) atoms. The van der Waals surface area contributed by atoms with Crippen LogP contribution in [0, 0.1) is 3.57 Å². The molecule has 0 saturated heterocycles. The zero-order valence-electron chi connectivity index (χ0n) is 9.02. The zero-order chi connectivity index (χ0) is 13.1. The van der Waals surface area contributed by atoms with Gasteiger partial charge in [0.05, 0.1) is 22.5 Å². The average molecular weight is 375 g/mol. The Balaban J connectivity index is 2.28. The first-order valence-corrected chi connectivity index (χ1v) is 6.43. The maximum Gasteiger partial charge on any atom is 0.259 e. The molecule has 1 amide bonds. The standard InChI is InChI=1S/C12H8ClIN2O2/c13-9-3-4-15-6-10(9)16-12(18)8-5-7(14)1-2-11(8)17/h1-6,17H,(H,16,18). The Bertz CT molecular complexity index is 604. The van der Waals surface area contributed by atoms with Gasteiger partial charge in [0.15, 0.2) is 0 Å². The van der Waals surface area contributed by atoms with E-state index in [0.717, 1.165) is 3.57 Å². The molecule has 0 aliphatic carbocycles. The summed E-state index contributed by atoms with van der Waals surface area (Å²) in [4.78, 5) is 15.8. The third kappa shape index (κ3) is 2.91. The maximum atomic E-state index is 12.0. The van der Waals surface area contributed by atoms with Crippen molar-refractivity contribution in [2.75, 3.05) is 5.32 Å². The number of hydrogen-bond acceptors (Lipinski definition) is 3. The minimum Gasteiger partial charge on any atom is -0.507 e. The second-order valence-electron chi connectivity index (χ2n) is 3.47. The van der Waals surface area contributed by atoms with Crippen LogP contribution in [0.15, 0.2) is 36.7 Å². The molecule has 0 radical (unpaired) electrons. The highest BCUT2D eigenvalue weighted by Crippen LogP contribution is 2.23. The molecule has 2 rings (SSSR count). The Kier molecular flexibility index (Phi) is 4.03. The van der Waals surface area contributed by atoms with E-state index in [9.17, 15) is 9.90 Å². The molecular formula is C12H8ClIN2O2. The first kappa shape index (κ1) is 13.1. The number of carbonyl (C=O) groups excluding carboxylic acids is 1. The number of aromatic hydroxyl groups is 1. The fourth-order valence-electron chi connectivity index (χ4n) is 1.35. The molecular weight excluding hydrogens is 367 g/mol. The number of halogens is 2. The van der Waals surface area contributed by atoms with Gasteiger partial charge < -0.3 is 10.4 Å². The number of anilines is 1. The molecule has 0 aliphatic rings. The highest BCUT2D eigenvalue weighted by Gasteiger charge is 2.13. The topological polar surface area (TPSA) is 62.2 Å². The fourth-order valence-corrected chi connectivity index (χ4v) is 1.99. The van der Waals surface area contributed by atoms with Gasteiger partial charge in [-0.3, -0.25) is 9.78 Å². The van der Waals surface area contributed by atoms with Crippen LogP contribution in [0.2, 0.25) is 5.02 Å². The molecule has 0 spiro atoms. The minimum atomic E-state index is -0.430. The number of amides is 1. The maximum absolute atomic E-state index is 12.0. The smallest absolute Gasteiger partial charge is 0.259 e. The number of rotatable bonds is 2. The summed E-state index contributed by atoms with van der Waals surface area (Å²) in [5.74, 6) is -0.506. The lowest BCUT2D eigenvalue weighted by molar-refractivity contribution is 0.102. The lowest BCUT2D eigenvalue weighted by atomic mass is 10.2. The van der Waals surface area contributed by atoms with Crippen LogP contribution < -0.4 is 5.32 Å². The number of nitrogens with one attached hydrogen (secondary N) is 1. The molecule has 0 unspecified atom stereocenters. The van der Waals surface area contributed by atoms with E-state index in [0.29, 0.717) is 10.7 Å². The lowest BCUT2D eigenvalue weighted by Gasteiger charge is -2.08. The molecule has 0 aliphatic heterocycles. The van der Waals surface area contributed by atoms with Gasteiger partial charge in [-0.1, -0.05) is 11.6 Å². The SMILES string of the molecule is O=C(Nc1cnccc1Cl)c1cc(I)ccc1O. The van der Waals surface area contributed by atoms with Crippen LogP contribution in [-0.4, -0.2) is 16.0 Å². The van der Waals surface area contributed by atoms with E-state index in [4.69, 9.17) is 11.6 Å². The average Bonchev–Trinajstić information content (AvgIpc) is 2.35. The highest BCUT2D eigenvalue weighted by atomic mass is 127. The number of hydrogen-bond donors (Lipinski definition) is 2. The van der Waals surface area contributed by atoms with Crippen molar-refractivity contribution in [3.63, 3.8) is 0 Å². The van der Waals surface area contributed by atoms with Crippen molar-refractivity contribution in [3.8, 4) is 5.75 Å². The van der Waals surface area contributed by atoms with Crippen molar-refractivity contribution in [1.82, 2.24) is 4.98 Å². The van der Waals surface area contributed by atoms with Crippen molar-refractivity contribution in [2.45, 2.75) is 0 Å². The van der Waals surface area contributed by atoms with Crippen LogP contribution in [0.3, 0.4) is 0 Å². The Morgan fingerprint density at radius 2 is 2.17 bits per heavy atom. The predicted octanol–water partition coefficient (Wildman–Crippen LogP) is 3.30. The summed E-state index contributed by atoms with van der Waals surface area (Å²) in [6.45, 7) is 0. The molecule has 1 aromatic carbocycles. The third-order valence-corrected chi connectivity index (χ3v) is 3.22. The van der Waals surface area contributed by atoms with Crippen LogP contribution in [0.1, 0.15) is 10.4 Å². The first-order valence-electron chi connectivity index (χ1n) is 4.97. The lowest BCUT2D eigenvalue weighted by Crippen LogP contribution is -2.12. The number of aromatic nitrogens is 1. The van der Waals surface area contributed by atoms with Gasteiger partial charge in [0.25, 0.3) is 5.91 Å². The fraction of sp³-hybridized carbons (Fsp3) is 0. The summed E-state index contributed by atoms with van der Waals surface area (Å²) in [7, 11) is 0. The molecule has 0 bridgehead atoms. The summed E-state index contributed by atoms with van der Waals surface area (Å²) < 4.78 is 0.854. The van der Waals surface area contributed by atoms with Crippen molar-refractivity contribution in [3.05, 3.63) is 50.8 Å². The third-order valence-electron chi connectivity index (χ3n) is 2.22. The van der Waals surface area contributed by atoms with Gasteiger partial charge in [0.1, 0.15) is 5.75 Å². The summed E-state index contributed by atoms with van der Waals surface area (Å²) in [5.41, 5.74) is 0.601. The van der Waals surface area contributed by atoms with Gasteiger partial charge in [-0.2, -0.15) is 0 Å². The number of benzene rings is 1. The predicted molar refractivity (Wildman–Crippen MR) is 78.0 cm³/mol. The van der Waals surface area contributed by atoms with Gasteiger partial charge in [0, 0.05) is 9.77 Å². The van der Waals surface area contributed by atoms with Gasteiger partial charge in [-0.05, 0) is 46.9 Å². The van der Waals surface area contributed by atoms with Crippen molar-refractivity contribution in [2.24, 2.45) is 0 Å². The first-order chi connectivity index (χ1) is 8.58. The number of carbonyl (C=O) groups is 1. The van der Waals surface area contributed by atoms with E-state index < -0.39 is 5.91 Å². The molecule has 0 atom stereocenters. The van der Waals surface area contributed by atoms with Crippen LogP contribution in [0.4, 0.5) is 5.69 Å². The van der Waals surface area contributed by atoms with E-state index in [2.05, 4.69) is 32.9 Å². The van der Waals surface area contributed by atoms with Crippen LogP contribution >= 0.6 is 34.2 Å². The van der Waals surface area contributed by atoms with Crippen LogP contribution in [0.5, 0.6) is 5.75 Å². The monoisotopic (exact) mass is 374 g/mol. The molecule has 0 fully saturated rings. The Morgan fingerprint density at radius 1 is 1.39 bits per heavy atom. The van der Waals surface area contributed by atoms with E-state index >= 15 is 0 Å². The quantitative estimate of drug-likeness (QED) is 0.793. The second kappa shape index (κ2) is 5.53. The molecule has 6 heteroatoms. The Hall–Kier alpha value is -1.34. The van der Waals surface area contributed by atoms with E-state index in [1.165, 1.54) is 18.5 Å². The van der Waals surface area contributed by atoms with Gasteiger partial charge >= 0.3 is 0 Å². The normalized spacial score (nSPS) is 10.1. The van der Waals surface area contributed by atoms with Crippen molar-refractivity contribution < 1.29 is 9.90 Å². The molecule has 4 nitrogen and oxygen atoms in total. The molecule has 1 heterocycles. The highest BCUT2D eigenvalue weighted by molar-refractivity contribution is 14.1. The van der Waals surface area contributed by atoms with Gasteiger partial charge in [0.2, 0.25) is 0 Å². The van der Waals surface area contributed by atoms with Crippen LogP contribution in [-0.2, 0) is 0 Å². The van der Waals surface area contributed by atoms with Gasteiger partial charge in [-0.25, -0.2) is 0 Å². The summed E-state index contributed by atoms with van der Waals surface area (Å²) in [6.07, 6.45) is 2.98. The summed E-state index contributed by atoms with van der Waals surface area (Å²) >= 11 is 7.97. The molecule has 2 aromatic rings. The molecule has 0 saturated carbocycles. The second-order valence-corrected chi connectivity index (χ2v) is 5.12. The van der Waals surface area contributed by atoms with E-state index in [1.54, 1.807) is 18.2 Å². The van der Waals surface area contributed by atoms with Crippen molar-refractivity contribution >= 4 is 45.8 Å². The number of phenols is 1. The molecule has 1 aromatic heterocycles. The molecule has 92 valence electrons. The number of pyridine rings is 1. The minimum absolute atomic E-state index is 0.0760. The van der Waals surface area contributed by atoms with Crippen molar-refractivity contribution in [1.29, 1.82) is 0 Å². The van der Waals surface area contributed by atoms with E-state index in [1.807, 2.05) is 0 Å². The number of phenolic OH excluding ortho intramolecular Hbond substituents is 1.